The maximum absolute atomic E-state index is 13.7. The predicted molar refractivity (Wildman–Crippen MR) is 137 cm³/mol. The summed E-state index contributed by atoms with van der Waals surface area (Å²) in [7, 11) is 0. The number of halogens is 1. The van der Waals surface area contributed by atoms with E-state index in [1.54, 1.807) is 11.3 Å². The number of carbonyl (C=O) groups excluding carboxylic acids is 1. The van der Waals surface area contributed by atoms with Gasteiger partial charge in [-0.25, -0.2) is 0 Å². The van der Waals surface area contributed by atoms with Crippen LogP contribution in [0.3, 0.4) is 0 Å². The van der Waals surface area contributed by atoms with Crippen LogP contribution in [-0.4, -0.2) is 10.4 Å². The Morgan fingerprint density at radius 3 is 2.58 bits per heavy atom. The summed E-state index contributed by atoms with van der Waals surface area (Å²) in [5, 5.41) is 14.6. The molecule has 33 heavy (non-hydrogen) atoms. The Hall–Kier alpha value is -2.88. The number of hydrogen-bond donors (Lipinski definition) is 0. The molecule has 1 unspecified atom stereocenters. The molecule has 1 aromatic carbocycles. The van der Waals surface area contributed by atoms with Crippen molar-refractivity contribution in [3.8, 4) is 6.07 Å². The van der Waals surface area contributed by atoms with E-state index in [1.807, 2.05) is 46.6 Å². The van der Waals surface area contributed by atoms with E-state index >= 15 is 0 Å². The van der Waals surface area contributed by atoms with Crippen LogP contribution < -0.4 is 4.90 Å². The van der Waals surface area contributed by atoms with Crippen LogP contribution in [-0.2, 0) is 4.79 Å². The Balaban J connectivity index is 1.88. The van der Waals surface area contributed by atoms with Gasteiger partial charge in [0.1, 0.15) is 5.82 Å². The topological polar surface area (TPSA) is 49.0 Å². The molecule has 3 heterocycles. The van der Waals surface area contributed by atoms with Gasteiger partial charge in [0.05, 0.1) is 23.2 Å². The first-order chi connectivity index (χ1) is 15.8. The van der Waals surface area contributed by atoms with Crippen LogP contribution in [0.2, 0.25) is 0 Å². The molecule has 0 bridgehead atoms. The van der Waals surface area contributed by atoms with Gasteiger partial charge in [0.2, 0.25) is 0 Å². The summed E-state index contributed by atoms with van der Waals surface area (Å²) in [6, 6.07) is 14.6. The Kier molecular flexibility index (Phi) is 5.43. The SMILES string of the molecule is Cc1cc(Br)ccc1N1C2=C(C(=O)CC(C)(C)C2)C(c2ccsc2)C(C#N)=C1n1cccc1. The van der Waals surface area contributed by atoms with E-state index in [4.69, 9.17) is 0 Å². The van der Waals surface area contributed by atoms with Crippen LogP contribution in [0.5, 0.6) is 0 Å². The summed E-state index contributed by atoms with van der Waals surface area (Å²) in [4.78, 5) is 15.9. The van der Waals surface area contributed by atoms with Gasteiger partial charge in [-0.2, -0.15) is 16.6 Å². The smallest absolute Gasteiger partial charge is 0.162 e. The normalized spacial score (nSPS) is 20.2. The summed E-state index contributed by atoms with van der Waals surface area (Å²) in [5.74, 6) is 0.578. The molecule has 4 nitrogen and oxygen atoms in total. The number of nitrogens with zero attached hydrogens (tertiary/aromatic N) is 3. The van der Waals surface area contributed by atoms with Crippen molar-refractivity contribution in [1.29, 1.82) is 5.26 Å². The average Bonchev–Trinajstić information content (AvgIpc) is 3.46. The molecule has 2 aliphatic rings. The highest BCUT2D eigenvalue weighted by Gasteiger charge is 2.45. The number of nitriles is 1. The molecule has 5 rings (SSSR count). The zero-order chi connectivity index (χ0) is 23.3. The molecular weight excluding hydrogens is 494 g/mol. The largest absolute Gasteiger partial charge is 0.309 e. The number of carbonyl (C=O) groups is 1. The van der Waals surface area contributed by atoms with Crippen molar-refractivity contribution in [2.24, 2.45) is 5.41 Å². The first-order valence-electron chi connectivity index (χ1n) is 10.9. The highest BCUT2D eigenvalue weighted by Crippen LogP contribution is 2.52. The molecular formula is C27H24BrN3OS. The Labute approximate surface area is 206 Å². The molecule has 2 aromatic heterocycles. The predicted octanol–water partition coefficient (Wildman–Crippen LogP) is 7.26. The van der Waals surface area contributed by atoms with Gasteiger partial charge < -0.3 is 4.57 Å². The average molecular weight is 518 g/mol. The van der Waals surface area contributed by atoms with Crippen LogP contribution in [0.1, 0.15) is 43.7 Å². The first kappa shape index (κ1) is 21.9. The van der Waals surface area contributed by atoms with Crippen molar-refractivity contribution in [3.63, 3.8) is 0 Å². The summed E-state index contributed by atoms with van der Waals surface area (Å²) in [6.45, 7) is 6.37. The fourth-order valence-electron chi connectivity index (χ4n) is 5.10. The Bertz CT molecular complexity index is 1340. The van der Waals surface area contributed by atoms with Gasteiger partial charge in [0, 0.05) is 34.6 Å². The summed E-state index contributed by atoms with van der Waals surface area (Å²) >= 11 is 5.17. The number of Topliss-reactive ketones (excluding diaryl/α,β-unsaturated/α-hetero) is 1. The van der Waals surface area contributed by atoms with Crippen molar-refractivity contribution in [3.05, 3.63) is 92.0 Å². The third-order valence-corrected chi connectivity index (χ3v) is 7.64. The third-order valence-electron chi connectivity index (χ3n) is 6.44. The first-order valence-corrected chi connectivity index (χ1v) is 12.7. The van der Waals surface area contributed by atoms with Crippen LogP contribution in [0, 0.1) is 23.7 Å². The second kappa shape index (κ2) is 8.16. The zero-order valence-electron chi connectivity index (χ0n) is 18.8. The number of aromatic nitrogens is 1. The standard InChI is InChI=1S/C27H24BrN3OS/c1-17-12-19(28)6-7-21(17)31-22-13-27(2,3)14-23(32)25(22)24(18-8-11-33-16-18)20(15-29)26(31)30-9-4-5-10-30/h4-12,16,24H,13-14H2,1-3H3. The number of hydrogen-bond acceptors (Lipinski definition) is 4. The molecule has 6 heteroatoms. The van der Waals surface area contributed by atoms with E-state index < -0.39 is 0 Å². The zero-order valence-corrected chi connectivity index (χ0v) is 21.2. The van der Waals surface area contributed by atoms with Crippen LogP contribution in [0.15, 0.2) is 80.9 Å². The van der Waals surface area contributed by atoms with Gasteiger partial charge in [-0.1, -0.05) is 29.8 Å². The number of aryl methyl sites for hydroxylation is 1. The molecule has 166 valence electrons. The summed E-state index contributed by atoms with van der Waals surface area (Å²) in [5.41, 5.74) is 5.26. The van der Waals surface area contributed by atoms with E-state index in [0.717, 1.165) is 44.8 Å². The highest BCUT2D eigenvalue weighted by molar-refractivity contribution is 9.10. The third kappa shape index (κ3) is 3.70. The lowest BCUT2D eigenvalue weighted by molar-refractivity contribution is -0.118. The second-order valence-corrected chi connectivity index (χ2v) is 11.2. The monoisotopic (exact) mass is 517 g/mol. The van der Waals surface area contributed by atoms with Crippen molar-refractivity contribution < 1.29 is 4.79 Å². The molecule has 0 radical (unpaired) electrons. The van der Waals surface area contributed by atoms with Crippen molar-refractivity contribution in [2.45, 2.75) is 39.5 Å². The Morgan fingerprint density at radius 2 is 1.94 bits per heavy atom. The van der Waals surface area contributed by atoms with Gasteiger partial charge in [0.25, 0.3) is 0 Å². The van der Waals surface area contributed by atoms with Crippen LogP contribution >= 0.6 is 27.3 Å². The van der Waals surface area contributed by atoms with Gasteiger partial charge in [0.15, 0.2) is 5.78 Å². The molecule has 1 aliphatic carbocycles. The van der Waals surface area contributed by atoms with Crippen LogP contribution in [0.4, 0.5) is 5.69 Å². The molecule has 0 spiro atoms. The molecule has 1 atom stereocenters. The van der Waals surface area contributed by atoms with Crippen molar-refractivity contribution >= 4 is 44.6 Å². The number of ketones is 1. The minimum atomic E-state index is -0.357. The van der Waals surface area contributed by atoms with Gasteiger partial charge in [-0.3, -0.25) is 9.69 Å². The lowest BCUT2D eigenvalue weighted by Gasteiger charge is -2.45. The number of anilines is 1. The van der Waals surface area contributed by atoms with E-state index in [-0.39, 0.29) is 17.1 Å². The number of benzene rings is 1. The molecule has 0 amide bonds. The lowest BCUT2D eigenvalue weighted by Crippen LogP contribution is -2.40. The summed E-state index contributed by atoms with van der Waals surface area (Å²) < 4.78 is 3.01. The summed E-state index contributed by atoms with van der Waals surface area (Å²) in [6.07, 6.45) is 5.19. The molecule has 3 aromatic rings. The minimum Gasteiger partial charge on any atom is -0.309 e. The highest BCUT2D eigenvalue weighted by atomic mass is 79.9. The number of allylic oxidation sites excluding steroid dienone is 3. The van der Waals surface area contributed by atoms with Gasteiger partial charge in [-0.05, 0) is 77.0 Å². The van der Waals surface area contributed by atoms with Gasteiger partial charge >= 0.3 is 0 Å². The molecule has 1 aliphatic heterocycles. The van der Waals surface area contributed by atoms with E-state index in [1.165, 1.54) is 0 Å². The maximum atomic E-state index is 13.7. The van der Waals surface area contributed by atoms with E-state index in [0.29, 0.717) is 12.0 Å². The fourth-order valence-corrected chi connectivity index (χ4v) is 6.26. The number of rotatable bonds is 3. The van der Waals surface area contributed by atoms with E-state index in [2.05, 4.69) is 65.2 Å². The fraction of sp³-hybridized carbons (Fsp3) is 0.259. The minimum absolute atomic E-state index is 0.136. The maximum Gasteiger partial charge on any atom is 0.162 e. The second-order valence-electron chi connectivity index (χ2n) is 9.50. The number of thiophene rings is 1. The van der Waals surface area contributed by atoms with Crippen molar-refractivity contribution in [2.75, 3.05) is 4.90 Å². The van der Waals surface area contributed by atoms with E-state index in [9.17, 15) is 10.1 Å². The Morgan fingerprint density at radius 1 is 1.18 bits per heavy atom. The van der Waals surface area contributed by atoms with Crippen molar-refractivity contribution in [1.82, 2.24) is 4.57 Å². The quantitative estimate of drug-likeness (QED) is 0.367. The molecule has 0 fully saturated rings. The molecule has 0 saturated carbocycles. The molecule has 0 N–H and O–H groups in total. The van der Waals surface area contributed by atoms with Crippen LogP contribution in [0.25, 0.3) is 5.82 Å². The molecule has 0 saturated heterocycles. The van der Waals surface area contributed by atoms with Gasteiger partial charge in [-0.15, -0.1) is 0 Å². The lowest BCUT2D eigenvalue weighted by atomic mass is 9.69.